The number of methoxy groups -OCH3 is 2. The number of nitrogens with zero attached hydrogens (tertiary/aromatic N) is 3. The van der Waals surface area contributed by atoms with Gasteiger partial charge >= 0.3 is 0 Å². The molecule has 1 N–H and O–H groups in total. The first-order valence-corrected chi connectivity index (χ1v) is 13.2. The van der Waals surface area contributed by atoms with Gasteiger partial charge in [0.2, 0.25) is 16.9 Å². The van der Waals surface area contributed by atoms with Crippen molar-refractivity contribution >= 4 is 57.5 Å². The number of rotatable bonds is 8. The van der Waals surface area contributed by atoms with Crippen molar-refractivity contribution in [3.63, 3.8) is 0 Å². The SMILES string of the molecule is CCSc1nnc(NC(=O)CN2C(=O)CC(c3ccc(OC)c(OC)c3)Sc3ccccc32)s1. The van der Waals surface area contributed by atoms with Crippen LogP contribution in [0, 0.1) is 0 Å². The minimum Gasteiger partial charge on any atom is -0.493 e. The van der Waals surface area contributed by atoms with E-state index in [0.29, 0.717) is 16.6 Å². The number of carbonyl (C=O) groups is 2. The molecule has 4 rings (SSSR count). The van der Waals surface area contributed by atoms with Gasteiger partial charge in [0.1, 0.15) is 6.54 Å². The fourth-order valence-corrected chi connectivity index (χ4v) is 6.47. The van der Waals surface area contributed by atoms with Crippen LogP contribution in [0.3, 0.4) is 0 Å². The largest absolute Gasteiger partial charge is 0.493 e. The Kier molecular flexibility index (Phi) is 7.96. The third-order valence-electron chi connectivity index (χ3n) is 5.09. The van der Waals surface area contributed by atoms with Crippen LogP contribution in [-0.2, 0) is 9.59 Å². The Bertz CT molecular complexity index is 1190. The zero-order valence-corrected chi connectivity index (χ0v) is 21.4. The van der Waals surface area contributed by atoms with E-state index < -0.39 is 0 Å². The number of amides is 2. The third-order valence-corrected chi connectivity index (χ3v) is 8.26. The Hall–Kier alpha value is -2.76. The predicted molar refractivity (Wildman–Crippen MR) is 136 cm³/mol. The van der Waals surface area contributed by atoms with Gasteiger partial charge in [-0.25, -0.2) is 0 Å². The molecule has 1 unspecified atom stereocenters. The molecule has 0 spiro atoms. The molecule has 3 aromatic rings. The zero-order chi connectivity index (χ0) is 24.1. The van der Waals surface area contributed by atoms with Crippen molar-refractivity contribution in [2.45, 2.75) is 27.8 Å². The number of fused-ring (bicyclic) bond motifs is 1. The highest BCUT2D eigenvalue weighted by atomic mass is 32.2. The average Bonchev–Trinajstić information content (AvgIpc) is 3.23. The monoisotopic (exact) mass is 516 g/mol. The highest BCUT2D eigenvalue weighted by Crippen LogP contribution is 2.46. The Morgan fingerprint density at radius 3 is 2.74 bits per heavy atom. The Balaban J connectivity index is 1.56. The topological polar surface area (TPSA) is 93.7 Å². The van der Waals surface area contributed by atoms with Gasteiger partial charge in [-0.1, -0.05) is 48.2 Å². The molecule has 0 saturated carbocycles. The van der Waals surface area contributed by atoms with Crippen molar-refractivity contribution in [3.05, 3.63) is 48.0 Å². The summed E-state index contributed by atoms with van der Waals surface area (Å²) in [5.41, 5.74) is 1.67. The van der Waals surface area contributed by atoms with E-state index in [0.717, 1.165) is 26.2 Å². The van der Waals surface area contributed by atoms with Gasteiger partial charge in [0.15, 0.2) is 15.8 Å². The van der Waals surface area contributed by atoms with Crippen LogP contribution in [0.4, 0.5) is 10.8 Å². The normalized spacial score (nSPS) is 15.4. The molecule has 1 aliphatic rings. The number of hydrogen-bond donors (Lipinski definition) is 1. The van der Waals surface area contributed by atoms with Gasteiger partial charge in [-0.2, -0.15) is 0 Å². The molecule has 11 heteroatoms. The van der Waals surface area contributed by atoms with Gasteiger partial charge < -0.3 is 14.4 Å². The Labute approximate surface area is 210 Å². The molecule has 34 heavy (non-hydrogen) atoms. The van der Waals surface area contributed by atoms with Crippen LogP contribution in [0.2, 0.25) is 0 Å². The molecule has 0 bridgehead atoms. The van der Waals surface area contributed by atoms with Crippen molar-refractivity contribution in [1.29, 1.82) is 0 Å². The van der Waals surface area contributed by atoms with E-state index in [1.807, 2.05) is 49.4 Å². The summed E-state index contributed by atoms with van der Waals surface area (Å²) in [6.45, 7) is 1.92. The van der Waals surface area contributed by atoms with Crippen LogP contribution in [0.1, 0.15) is 24.2 Å². The van der Waals surface area contributed by atoms with Crippen LogP contribution in [0.5, 0.6) is 11.5 Å². The molecule has 2 amide bonds. The fourth-order valence-electron chi connectivity index (χ4n) is 3.53. The van der Waals surface area contributed by atoms with Gasteiger partial charge in [0.25, 0.3) is 0 Å². The van der Waals surface area contributed by atoms with Gasteiger partial charge in [0, 0.05) is 16.6 Å². The Morgan fingerprint density at radius 1 is 1.18 bits per heavy atom. The molecule has 0 aliphatic carbocycles. The number of hydrogen-bond acceptors (Lipinski definition) is 9. The maximum atomic E-state index is 13.4. The van der Waals surface area contributed by atoms with Crippen molar-refractivity contribution < 1.29 is 19.1 Å². The molecule has 1 aromatic heterocycles. The third kappa shape index (κ3) is 5.48. The van der Waals surface area contributed by atoms with Crippen LogP contribution in [-0.4, -0.2) is 48.5 Å². The molecular formula is C23H24N4O4S3. The maximum absolute atomic E-state index is 13.4. The smallest absolute Gasteiger partial charge is 0.246 e. The van der Waals surface area contributed by atoms with Gasteiger partial charge in [-0.05, 0) is 35.6 Å². The van der Waals surface area contributed by atoms with Gasteiger partial charge in [0.05, 0.1) is 19.9 Å². The molecule has 178 valence electrons. The standard InChI is InChI=1S/C23H24N4O4S3/c1-4-32-23-26-25-22(34-23)24-20(28)13-27-15-7-5-6-8-18(15)33-19(12-21(27)29)14-9-10-16(30-2)17(11-14)31-3/h5-11,19H,4,12-13H2,1-3H3,(H,24,25,28). The Morgan fingerprint density at radius 2 is 1.97 bits per heavy atom. The second-order valence-corrected chi connectivity index (χ2v) is 11.0. The molecule has 1 atom stereocenters. The number of anilines is 2. The summed E-state index contributed by atoms with van der Waals surface area (Å²) in [7, 11) is 3.18. The van der Waals surface area contributed by atoms with E-state index >= 15 is 0 Å². The van der Waals surface area contributed by atoms with Crippen LogP contribution < -0.4 is 19.7 Å². The summed E-state index contributed by atoms with van der Waals surface area (Å²) in [4.78, 5) is 28.6. The van der Waals surface area contributed by atoms with Crippen LogP contribution in [0.15, 0.2) is 51.7 Å². The molecule has 0 radical (unpaired) electrons. The summed E-state index contributed by atoms with van der Waals surface area (Å²) < 4.78 is 11.6. The number of para-hydroxylation sites is 1. The number of nitrogens with one attached hydrogen (secondary N) is 1. The lowest BCUT2D eigenvalue weighted by atomic mass is 10.1. The molecule has 8 nitrogen and oxygen atoms in total. The maximum Gasteiger partial charge on any atom is 0.246 e. The van der Waals surface area contributed by atoms with Crippen molar-refractivity contribution in [3.8, 4) is 11.5 Å². The van der Waals surface area contributed by atoms with Crippen LogP contribution >= 0.6 is 34.9 Å². The summed E-state index contributed by atoms with van der Waals surface area (Å²) in [6, 6.07) is 13.3. The minimum atomic E-state index is -0.318. The van der Waals surface area contributed by atoms with E-state index in [2.05, 4.69) is 15.5 Å². The lowest BCUT2D eigenvalue weighted by Gasteiger charge is -2.21. The number of ether oxygens (including phenoxy) is 2. The highest BCUT2D eigenvalue weighted by molar-refractivity contribution is 8.01. The van der Waals surface area contributed by atoms with E-state index in [1.54, 1.807) is 42.6 Å². The summed E-state index contributed by atoms with van der Waals surface area (Å²) >= 11 is 4.48. The minimum absolute atomic E-state index is 0.106. The van der Waals surface area contributed by atoms with E-state index in [-0.39, 0.29) is 30.0 Å². The molecule has 0 saturated heterocycles. The number of thioether (sulfide) groups is 2. The van der Waals surface area contributed by atoms with Gasteiger partial charge in [-0.15, -0.1) is 22.0 Å². The number of aromatic nitrogens is 2. The van der Waals surface area contributed by atoms with Crippen molar-refractivity contribution in [2.75, 3.05) is 36.7 Å². The molecular weight excluding hydrogens is 492 g/mol. The first kappa shape index (κ1) is 24.4. The second-order valence-electron chi connectivity index (χ2n) is 7.23. The summed E-state index contributed by atoms with van der Waals surface area (Å²) in [6.07, 6.45) is 0.234. The lowest BCUT2D eigenvalue weighted by Crippen LogP contribution is -2.38. The lowest BCUT2D eigenvalue weighted by molar-refractivity contribution is -0.121. The summed E-state index contributed by atoms with van der Waals surface area (Å²) in [5.74, 6) is 1.67. The molecule has 1 aliphatic heterocycles. The number of benzene rings is 2. The quantitative estimate of drug-likeness (QED) is 0.335. The van der Waals surface area contributed by atoms with Crippen molar-refractivity contribution in [2.24, 2.45) is 0 Å². The van der Waals surface area contributed by atoms with E-state index in [9.17, 15) is 9.59 Å². The van der Waals surface area contributed by atoms with E-state index in [1.165, 1.54) is 11.3 Å². The first-order valence-electron chi connectivity index (χ1n) is 10.6. The summed E-state index contributed by atoms with van der Waals surface area (Å²) in [5, 5.41) is 11.1. The molecule has 2 heterocycles. The first-order chi connectivity index (χ1) is 16.5. The average molecular weight is 517 g/mol. The van der Waals surface area contributed by atoms with Gasteiger partial charge in [-0.3, -0.25) is 14.9 Å². The van der Waals surface area contributed by atoms with E-state index in [4.69, 9.17) is 9.47 Å². The molecule has 2 aromatic carbocycles. The number of carbonyl (C=O) groups excluding carboxylic acids is 2. The second kappa shape index (κ2) is 11.1. The predicted octanol–water partition coefficient (Wildman–Crippen LogP) is 4.88. The zero-order valence-electron chi connectivity index (χ0n) is 18.9. The highest BCUT2D eigenvalue weighted by Gasteiger charge is 2.31. The fraction of sp³-hybridized carbons (Fsp3) is 0.304. The molecule has 0 fully saturated rings. The van der Waals surface area contributed by atoms with Crippen LogP contribution in [0.25, 0.3) is 0 Å². The van der Waals surface area contributed by atoms with Crippen molar-refractivity contribution in [1.82, 2.24) is 10.2 Å².